The van der Waals surface area contributed by atoms with Gasteiger partial charge < -0.3 is 47.4 Å². The summed E-state index contributed by atoms with van der Waals surface area (Å²) >= 11 is 0. The predicted molar refractivity (Wildman–Crippen MR) is 206 cm³/mol. The van der Waals surface area contributed by atoms with E-state index >= 15 is 0 Å². The smallest absolute Gasteiger partial charge is 0.303 e. The average molecular weight is 793 g/mol. The van der Waals surface area contributed by atoms with E-state index in [1.165, 1.54) is 20.8 Å². The highest BCUT2D eigenvalue weighted by Crippen LogP contribution is 2.44. The summed E-state index contributed by atoms with van der Waals surface area (Å²) in [5, 5.41) is 0. The Hall–Kier alpha value is -4.21. The minimum absolute atomic E-state index is 0.0268. The van der Waals surface area contributed by atoms with E-state index in [0.717, 1.165) is 23.1 Å². The number of methoxy groups -OCH3 is 1. The fourth-order valence-corrected chi connectivity index (χ4v) is 7.35. The standard InChI is InChI=1S/C44H56O13/c1-7-8-24-44(57-43-39(55-32(5)47)38(54-31(4)46)37(29(2)52-43)53-30(3)45)36(28-49-25-33-18-12-9-13-19-33)56-42(48-6)40(50-26-34-20-14-10-15-21-34)41(44)51-27-35-22-16-11-17-23-35/h9-23,29,36-43H,7-8,24-28H2,1-6H3/t29?,36?,37-,38?,39?,40?,41?,42-,43-,44+/m0/s1. The first-order valence-electron chi connectivity index (χ1n) is 19.5. The summed E-state index contributed by atoms with van der Waals surface area (Å²) < 4.78 is 63.9. The van der Waals surface area contributed by atoms with Crippen molar-refractivity contribution in [1.82, 2.24) is 0 Å². The van der Waals surface area contributed by atoms with Gasteiger partial charge in [0.25, 0.3) is 0 Å². The summed E-state index contributed by atoms with van der Waals surface area (Å²) in [7, 11) is 1.54. The minimum Gasteiger partial charge on any atom is -0.456 e. The SMILES string of the molecule is CCCC[C@@]1(O[C@@H]2OC(C)[C@H](OC(C)=O)C(OC(C)=O)C2OC(C)=O)C(COCc2ccccc2)O[C@H](OC)C(OCc2ccccc2)C1OCc1ccccc1. The predicted octanol–water partition coefficient (Wildman–Crippen LogP) is 6.23. The van der Waals surface area contributed by atoms with Gasteiger partial charge in [0, 0.05) is 27.9 Å². The highest BCUT2D eigenvalue weighted by molar-refractivity contribution is 5.68. The van der Waals surface area contributed by atoms with Crippen molar-refractivity contribution in [2.24, 2.45) is 0 Å². The van der Waals surface area contributed by atoms with Crippen molar-refractivity contribution >= 4 is 17.9 Å². The molecule has 2 saturated heterocycles. The van der Waals surface area contributed by atoms with Crippen LogP contribution in [0.4, 0.5) is 0 Å². The van der Waals surface area contributed by atoms with Gasteiger partial charge in [-0.25, -0.2) is 0 Å². The van der Waals surface area contributed by atoms with E-state index in [2.05, 4.69) is 6.92 Å². The second-order valence-corrected chi connectivity index (χ2v) is 14.3. The average Bonchev–Trinajstić information content (AvgIpc) is 3.20. The maximum Gasteiger partial charge on any atom is 0.303 e. The summed E-state index contributed by atoms with van der Waals surface area (Å²) in [6.07, 6.45) is -7.89. The molecule has 2 aliphatic rings. The van der Waals surface area contributed by atoms with Crippen molar-refractivity contribution in [3.05, 3.63) is 108 Å². The van der Waals surface area contributed by atoms with Crippen LogP contribution in [0, 0.1) is 0 Å². The first-order valence-corrected chi connectivity index (χ1v) is 19.5. The van der Waals surface area contributed by atoms with Crippen molar-refractivity contribution in [1.29, 1.82) is 0 Å². The van der Waals surface area contributed by atoms with Gasteiger partial charge in [-0.2, -0.15) is 0 Å². The van der Waals surface area contributed by atoms with Gasteiger partial charge in [0.15, 0.2) is 30.9 Å². The number of ether oxygens (including phenoxy) is 10. The molecule has 5 rings (SSSR count). The number of benzene rings is 3. The van der Waals surface area contributed by atoms with E-state index in [1.807, 2.05) is 91.0 Å². The zero-order valence-corrected chi connectivity index (χ0v) is 33.6. The topological polar surface area (TPSA) is 144 Å². The maximum absolute atomic E-state index is 12.8. The largest absolute Gasteiger partial charge is 0.456 e. The number of esters is 3. The third-order valence-electron chi connectivity index (χ3n) is 9.95. The van der Waals surface area contributed by atoms with Crippen LogP contribution in [0.1, 0.15) is 70.6 Å². The molecule has 0 N–H and O–H groups in total. The molecular weight excluding hydrogens is 736 g/mol. The molecule has 0 saturated carbocycles. The van der Waals surface area contributed by atoms with Crippen molar-refractivity contribution in [2.75, 3.05) is 13.7 Å². The fraction of sp³-hybridized carbons (Fsp3) is 0.523. The molecule has 2 heterocycles. The molecule has 0 bridgehead atoms. The van der Waals surface area contributed by atoms with Gasteiger partial charge in [-0.1, -0.05) is 111 Å². The second-order valence-electron chi connectivity index (χ2n) is 14.3. The van der Waals surface area contributed by atoms with Gasteiger partial charge in [-0.3, -0.25) is 14.4 Å². The van der Waals surface area contributed by atoms with Crippen LogP contribution in [-0.4, -0.2) is 92.5 Å². The van der Waals surface area contributed by atoms with Crippen LogP contribution < -0.4 is 0 Å². The zero-order chi connectivity index (χ0) is 40.8. The molecule has 310 valence electrons. The summed E-state index contributed by atoms with van der Waals surface area (Å²) in [5.74, 6) is -2.02. The molecule has 13 heteroatoms. The monoisotopic (exact) mass is 792 g/mol. The Morgan fingerprint density at radius 2 is 1.14 bits per heavy atom. The number of rotatable bonds is 19. The first kappa shape index (κ1) is 43.9. The van der Waals surface area contributed by atoms with Crippen LogP contribution in [0.3, 0.4) is 0 Å². The number of hydrogen-bond donors (Lipinski definition) is 0. The molecule has 13 nitrogen and oxygen atoms in total. The number of carbonyl (C=O) groups is 3. The first-order chi connectivity index (χ1) is 27.5. The quantitative estimate of drug-likeness (QED) is 0.100. The molecule has 2 fully saturated rings. The molecule has 0 aliphatic carbocycles. The lowest BCUT2D eigenvalue weighted by Crippen LogP contribution is -2.72. The Morgan fingerprint density at radius 1 is 0.632 bits per heavy atom. The molecule has 6 unspecified atom stereocenters. The van der Waals surface area contributed by atoms with Gasteiger partial charge in [-0.05, 0) is 30.0 Å². The van der Waals surface area contributed by atoms with Crippen molar-refractivity contribution in [3.8, 4) is 0 Å². The Labute approximate surface area is 335 Å². The van der Waals surface area contributed by atoms with Crippen molar-refractivity contribution in [3.63, 3.8) is 0 Å². The third kappa shape index (κ3) is 11.9. The maximum atomic E-state index is 12.8. The van der Waals surface area contributed by atoms with Gasteiger partial charge in [0.2, 0.25) is 0 Å². The fourth-order valence-electron chi connectivity index (χ4n) is 7.35. The summed E-state index contributed by atoms with van der Waals surface area (Å²) in [5.41, 5.74) is 1.34. The van der Waals surface area contributed by atoms with E-state index in [-0.39, 0.29) is 26.4 Å². The van der Waals surface area contributed by atoms with E-state index in [4.69, 9.17) is 47.4 Å². The van der Waals surface area contributed by atoms with Crippen LogP contribution in [0.15, 0.2) is 91.0 Å². The lowest BCUT2D eigenvalue weighted by molar-refractivity contribution is -0.398. The normalized spacial score (nSPS) is 28.6. The van der Waals surface area contributed by atoms with Gasteiger partial charge in [0.05, 0.1) is 32.5 Å². The number of unbranched alkanes of at least 4 members (excludes halogenated alkanes) is 1. The Morgan fingerprint density at radius 3 is 1.67 bits per heavy atom. The number of carbonyl (C=O) groups excluding carboxylic acids is 3. The molecule has 57 heavy (non-hydrogen) atoms. The molecule has 0 radical (unpaired) electrons. The van der Waals surface area contributed by atoms with Gasteiger partial charge >= 0.3 is 17.9 Å². The van der Waals surface area contributed by atoms with E-state index in [0.29, 0.717) is 12.8 Å². The van der Waals surface area contributed by atoms with Crippen LogP contribution in [-0.2, 0) is 81.6 Å². The van der Waals surface area contributed by atoms with Gasteiger partial charge in [-0.15, -0.1) is 0 Å². The van der Waals surface area contributed by atoms with E-state index < -0.39 is 78.8 Å². The molecule has 2 aliphatic heterocycles. The zero-order valence-electron chi connectivity index (χ0n) is 33.6. The lowest BCUT2D eigenvalue weighted by atomic mass is 9.79. The van der Waals surface area contributed by atoms with E-state index in [1.54, 1.807) is 14.0 Å². The molecule has 10 atom stereocenters. The van der Waals surface area contributed by atoms with E-state index in [9.17, 15) is 14.4 Å². The summed E-state index contributed by atoms with van der Waals surface area (Å²) in [6, 6.07) is 29.2. The van der Waals surface area contributed by atoms with Crippen LogP contribution in [0.25, 0.3) is 0 Å². The Kier molecular flexibility index (Phi) is 16.6. The summed E-state index contributed by atoms with van der Waals surface area (Å²) in [4.78, 5) is 37.6. The molecule has 3 aromatic carbocycles. The Bertz CT molecular complexity index is 1680. The molecular formula is C44H56O13. The van der Waals surface area contributed by atoms with Crippen LogP contribution in [0.5, 0.6) is 0 Å². The molecule has 3 aromatic rings. The number of hydrogen-bond acceptors (Lipinski definition) is 13. The minimum atomic E-state index is -1.43. The highest BCUT2D eigenvalue weighted by Gasteiger charge is 2.62. The molecule has 0 spiro atoms. The summed E-state index contributed by atoms with van der Waals surface area (Å²) in [6.45, 7) is 8.06. The lowest BCUT2D eigenvalue weighted by Gasteiger charge is -2.55. The molecule has 0 amide bonds. The van der Waals surface area contributed by atoms with Gasteiger partial charge in [0.1, 0.15) is 23.9 Å². The van der Waals surface area contributed by atoms with Crippen molar-refractivity contribution in [2.45, 2.75) is 135 Å². The van der Waals surface area contributed by atoms with Crippen molar-refractivity contribution < 1.29 is 61.8 Å². The highest BCUT2D eigenvalue weighted by atomic mass is 16.8. The van der Waals surface area contributed by atoms with Crippen LogP contribution >= 0.6 is 0 Å². The molecule has 0 aromatic heterocycles. The van der Waals surface area contributed by atoms with Crippen LogP contribution in [0.2, 0.25) is 0 Å². The second kappa shape index (κ2) is 21.5. The Balaban J connectivity index is 1.64. The third-order valence-corrected chi connectivity index (χ3v) is 9.95.